The largest absolute Gasteiger partial charge is 0.481 e. The minimum Gasteiger partial charge on any atom is -0.481 e. The van der Waals surface area contributed by atoms with Gasteiger partial charge in [-0.25, -0.2) is 4.98 Å². The number of aromatic nitrogens is 1. The summed E-state index contributed by atoms with van der Waals surface area (Å²) in [5.41, 5.74) is 3.79. The van der Waals surface area contributed by atoms with Crippen molar-refractivity contribution in [2.24, 2.45) is 0 Å². The summed E-state index contributed by atoms with van der Waals surface area (Å²) in [6.07, 6.45) is 0. The van der Waals surface area contributed by atoms with Crippen LogP contribution in [0.15, 0.2) is 41.8 Å². The molecule has 0 amide bonds. The van der Waals surface area contributed by atoms with Gasteiger partial charge in [0.1, 0.15) is 0 Å². The minimum atomic E-state index is -0.810. The SMILES string of the molecule is Cc1cc(-c2cccs2)nc2ccc(C(C)C(=O)O)cc12. The fourth-order valence-corrected chi connectivity index (χ4v) is 3.06. The van der Waals surface area contributed by atoms with Crippen molar-refractivity contribution in [3.63, 3.8) is 0 Å². The lowest BCUT2D eigenvalue weighted by Gasteiger charge is -2.10. The van der Waals surface area contributed by atoms with Crippen LogP contribution in [-0.4, -0.2) is 16.1 Å². The first-order valence-electron chi connectivity index (χ1n) is 6.74. The number of aryl methyl sites for hydroxylation is 1. The molecule has 0 aliphatic heterocycles. The van der Waals surface area contributed by atoms with Crippen LogP contribution in [0.2, 0.25) is 0 Å². The summed E-state index contributed by atoms with van der Waals surface area (Å²) in [6.45, 7) is 3.74. The Hall–Kier alpha value is -2.20. The van der Waals surface area contributed by atoms with Gasteiger partial charge in [-0.15, -0.1) is 11.3 Å². The number of hydrogen-bond donors (Lipinski definition) is 1. The van der Waals surface area contributed by atoms with Gasteiger partial charge in [0.15, 0.2) is 0 Å². The topological polar surface area (TPSA) is 50.2 Å². The number of carboxylic acid groups (broad SMARTS) is 1. The Kier molecular flexibility index (Phi) is 3.47. The van der Waals surface area contributed by atoms with E-state index in [9.17, 15) is 4.79 Å². The van der Waals surface area contributed by atoms with E-state index in [1.807, 2.05) is 36.6 Å². The van der Waals surface area contributed by atoms with Crippen molar-refractivity contribution < 1.29 is 9.90 Å². The molecule has 106 valence electrons. The monoisotopic (exact) mass is 297 g/mol. The van der Waals surface area contributed by atoms with Crippen LogP contribution in [-0.2, 0) is 4.79 Å². The molecule has 4 heteroatoms. The van der Waals surface area contributed by atoms with Gasteiger partial charge in [-0.2, -0.15) is 0 Å². The van der Waals surface area contributed by atoms with E-state index in [1.165, 1.54) is 0 Å². The van der Waals surface area contributed by atoms with Crippen molar-refractivity contribution in [1.29, 1.82) is 0 Å². The average Bonchev–Trinajstić information content (AvgIpc) is 3.00. The summed E-state index contributed by atoms with van der Waals surface area (Å²) in [6, 6.07) is 11.8. The van der Waals surface area contributed by atoms with Gasteiger partial charge in [0.05, 0.1) is 22.0 Å². The van der Waals surface area contributed by atoms with Crippen LogP contribution in [0.25, 0.3) is 21.5 Å². The van der Waals surface area contributed by atoms with Gasteiger partial charge in [-0.1, -0.05) is 12.1 Å². The van der Waals surface area contributed by atoms with Gasteiger partial charge in [0.25, 0.3) is 0 Å². The first kappa shape index (κ1) is 13.8. The van der Waals surface area contributed by atoms with Crippen LogP contribution in [0, 0.1) is 6.92 Å². The van der Waals surface area contributed by atoms with Gasteiger partial charge >= 0.3 is 5.97 Å². The summed E-state index contributed by atoms with van der Waals surface area (Å²) in [7, 11) is 0. The third-order valence-electron chi connectivity index (χ3n) is 3.68. The molecule has 0 saturated carbocycles. The molecule has 3 rings (SSSR count). The Morgan fingerprint density at radius 3 is 2.76 bits per heavy atom. The van der Waals surface area contributed by atoms with Crippen LogP contribution >= 0.6 is 11.3 Å². The van der Waals surface area contributed by atoms with Gasteiger partial charge in [0, 0.05) is 5.39 Å². The van der Waals surface area contributed by atoms with E-state index in [-0.39, 0.29) is 0 Å². The van der Waals surface area contributed by atoms with Crippen LogP contribution in [0.4, 0.5) is 0 Å². The number of carboxylic acids is 1. The number of carbonyl (C=O) groups is 1. The van der Waals surface area contributed by atoms with Crippen LogP contribution in [0.1, 0.15) is 24.0 Å². The van der Waals surface area contributed by atoms with Crippen molar-refractivity contribution in [1.82, 2.24) is 4.98 Å². The lowest BCUT2D eigenvalue weighted by Crippen LogP contribution is -2.07. The van der Waals surface area contributed by atoms with Crippen molar-refractivity contribution in [2.45, 2.75) is 19.8 Å². The summed E-state index contributed by atoms with van der Waals surface area (Å²) in [5.74, 6) is -1.32. The molecular formula is C17H15NO2S. The second-order valence-corrected chi connectivity index (χ2v) is 6.09. The van der Waals surface area contributed by atoms with Crippen molar-refractivity contribution in [3.8, 4) is 10.6 Å². The second kappa shape index (κ2) is 5.30. The number of thiophene rings is 1. The van der Waals surface area contributed by atoms with Crippen molar-refractivity contribution in [2.75, 3.05) is 0 Å². The third-order valence-corrected chi connectivity index (χ3v) is 4.58. The second-order valence-electron chi connectivity index (χ2n) is 5.14. The normalized spacial score (nSPS) is 12.5. The maximum absolute atomic E-state index is 11.1. The molecule has 1 atom stereocenters. The predicted molar refractivity (Wildman–Crippen MR) is 85.8 cm³/mol. The van der Waals surface area contributed by atoms with E-state index in [0.29, 0.717) is 0 Å². The summed E-state index contributed by atoms with van der Waals surface area (Å²) < 4.78 is 0. The zero-order chi connectivity index (χ0) is 15.0. The molecule has 0 saturated heterocycles. The highest BCUT2D eigenvalue weighted by atomic mass is 32.1. The van der Waals surface area contributed by atoms with Crippen molar-refractivity contribution >= 4 is 28.2 Å². The van der Waals surface area contributed by atoms with E-state index in [0.717, 1.165) is 32.6 Å². The molecule has 2 heterocycles. The van der Waals surface area contributed by atoms with Crippen LogP contribution < -0.4 is 0 Å². The standard InChI is InChI=1S/C17H15NO2S/c1-10-8-15(16-4-3-7-21-16)18-14-6-5-12(9-13(10)14)11(2)17(19)20/h3-9,11H,1-2H3,(H,19,20). The molecule has 0 radical (unpaired) electrons. The number of pyridine rings is 1. The lowest BCUT2D eigenvalue weighted by atomic mass is 9.97. The summed E-state index contributed by atoms with van der Waals surface area (Å²) >= 11 is 1.67. The third kappa shape index (κ3) is 2.54. The van der Waals surface area contributed by atoms with E-state index in [4.69, 9.17) is 5.11 Å². The minimum absolute atomic E-state index is 0.509. The number of aliphatic carboxylic acids is 1. The number of nitrogens with zero attached hydrogens (tertiary/aromatic N) is 1. The van der Waals surface area contributed by atoms with Gasteiger partial charge in [-0.05, 0) is 54.6 Å². The molecule has 0 spiro atoms. The molecule has 0 aliphatic carbocycles. The molecular weight excluding hydrogens is 282 g/mol. The molecule has 0 bridgehead atoms. The molecule has 1 unspecified atom stereocenters. The van der Waals surface area contributed by atoms with E-state index < -0.39 is 11.9 Å². The zero-order valence-corrected chi connectivity index (χ0v) is 12.6. The highest BCUT2D eigenvalue weighted by Crippen LogP contribution is 2.29. The molecule has 1 N–H and O–H groups in total. The molecule has 0 fully saturated rings. The smallest absolute Gasteiger partial charge is 0.310 e. The number of hydrogen-bond acceptors (Lipinski definition) is 3. The average molecular weight is 297 g/mol. The van der Waals surface area contributed by atoms with Crippen molar-refractivity contribution in [3.05, 3.63) is 52.9 Å². The number of rotatable bonds is 3. The Labute approximate surface area is 126 Å². The van der Waals surface area contributed by atoms with E-state index in [1.54, 1.807) is 18.3 Å². The molecule has 2 aromatic heterocycles. The first-order valence-corrected chi connectivity index (χ1v) is 7.62. The highest BCUT2D eigenvalue weighted by Gasteiger charge is 2.15. The van der Waals surface area contributed by atoms with Gasteiger partial charge in [-0.3, -0.25) is 4.79 Å². The number of fused-ring (bicyclic) bond motifs is 1. The summed E-state index contributed by atoms with van der Waals surface area (Å²) in [5, 5.41) is 12.2. The molecule has 21 heavy (non-hydrogen) atoms. The van der Waals surface area contributed by atoms with Crippen LogP contribution in [0.5, 0.6) is 0 Å². The molecule has 3 aromatic rings. The highest BCUT2D eigenvalue weighted by molar-refractivity contribution is 7.13. The van der Waals surface area contributed by atoms with Gasteiger partial charge < -0.3 is 5.11 Å². The maximum atomic E-state index is 11.1. The fraction of sp³-hybridized carbons (Fsp3) is 0.176. The Morgan fingerprint density at radius 2 is 2.10 bits per heavy atom. The van der Waals surface area contributed by atoms with E-state index in [2.05, 4.69) is 17.1 Å². The zero-order valence-electron chi connectivity index (χ0n) is 11.8. The van der Waals surface area contributed by atoms with Gasteiger partial charge in [0.2, 0.25) is 0 Å². The molecule has 3 nitrogen and oxygen atoms in total. The fourth-order valence-electron chi connectivity index (χ4n) is 2.37. The van der Waals surface area contributed by atoms with Crippen LogP contribution in [0.3, 0.4) is 0 Å². The number of benzene rings is 1. The Morgan fingerprint density at radius 1 is 1.29 bits per heavy atom. The lowest BCUT2D eigenvalue weighted by molar-refractivity contribution is -0.138. The molecule has 1 aromatic carbocycles. The Bertz CT molecular complexity index is 809. The quantitative estimate of drug-likeness (QED) is 0.776. The first-order chi connectivity index (χ1) is 10.1. The Balaban J connectivity index is 2.14. The summed E-state index contributed by atoms with van der Waals surface area (Å²) in [4.78, 5) is 16.9. The maximum Gasteiger partial charge on any atom is 0.310 e. The predicted octanol–water partition coefficient (Wildman–Crippen LogP) is 4.46. The van der Waals surface area contributed by atoms with E-state index >= 15 is 0 Å². The molecule has 0 aliphatic rings.